The van der Waals surface area contributed by atoms with Gasteiger partial charge in [0.2, 0.25) is 10.0 Å². The molecule has 0 saturated carbocycles. The zero-order valence-corrected chi connectivity index (χ0v) is 14.4. The topological polar surface area (TPSA) is 63.2 Å². The van der Waals surface area contributed by atoms with Gasteiger partial charge >= 0.3 is 0 Å². The standard InChI is InChI=1S/C18H13F4NO3S/c19-14-4-1-12(17(21)9-14)3-6-16(24)11-27(25,26)23-8-7-13-2-5-15(20)10-18(13)22/h1-10,23H,11H2/b6-3?,8-7-. The van der Waals surface area contributed by atoms with E-state index >= 15 is 0 Å². The molecule has 0 amide bonds. The average Bonchev–Trinajstić information content (AvgIpc) is 2.55. The summed E-state index contributed by atoms with van der Waals surface area (Å²) in [4.78, 5) is 11.7. The van der Waals surface area contributed by atoms with Crippen molar-refractivity contribution in [3.63, 3.8) is 0 Å². The fraction of sp³-hybridized carbons (Fsp3) is 0.0556. The van der Waals surface area contributed by atoms with Gasteiger partial charge in [0, 0.05) is 29.5 Å². The van der Waals surface area contributed by atoms with E-state index in [0.29, 0.717) is 12.1 Å². The number of carbonyl (C=O) groups excluding carboxylic acids is 1. The third-order valence-electron chi connectivity index (χ3n) is 3.22. The van der Waals surface area contributed by atoms with Crippen molar-refractivity contribution in [1.82, 2.24) is 4.72 Å². The molecule has 2 rings (SSSR count). The number of carbonyl (C=O) groups is 1. The molecule has 9 heteroatoms. The third kappa shape index (κ3) is 6.37. The molecule has 1 N–H and O–H groups in total. The van der Waals surface area contributed by atoms with Crippen molar-refractivity contribution < 1.29 is 30.8 Å². The number of sulfonamides is 1. The molecule has 0 aliphatic carbocycles. The van der Waals surface area contributed by atoms with Crippen LogP contribution in [0.3, 0.4) is 0 Å². The van der Waals surface area contributed by atoms with Gasteiger partial charge in [-0.2, -0.15) is 0 Å². The van der Waals surface area contributed by atoms with Gasteiger partial charge in [0.25, 0.3) is 0 Å². The highest BCUT2D eigenvalue weighted by Crippen LogP contribution is 2.12. The van der Waals surface area contributed by atoms with Crippen LogP contribution in [0.25, 0.3) is 12.2 Å². The summed E-state index contributed by atoms with van der Waals surface area (Å²) in [6, 6.07) is 5.46. The molecular formula is C18H13F4NO3S. The van der Waals surface area contributed by atoms with Gasteiger partial charge in [-0.15, -0.1) is 0 Å². The molecule has 0 spiro atoms. The van der Waals surface area contributed by atoms with Crippen LogP contribution in [-0.2, 0) is 14.8 Å². The van der Waals surface area contributed by atoms with Gasteiger partial charge in [-0.3, -0.25) is 9.52 Å². The SMILES string of the molecule is O=C(C=Cc1ccc(F)cc1F)CS(=O)(=O)N/C=C\c1ccc(F)cc1F. The second kappa shape index (κ2) is 8.63. The van der Waals surface area contributed by atoms with E-state index in [1.165, 1.54) is 0 Å². The summed E-state index contributed by atoms with van der Waals surface area (Å²) in [6.07, 6.45) is 3.82. The molecule has 0 radical (unpaired) electrons. The first-order chi connectivity index (χ1) is 12.7. The lowest BCUT2D eigenvalue weighted by Crippen LogP contribution is -2.25. The fourth-order valence-electron chi connectivity index (χ4n) is 1.96. The third-order valence-corrected chi connectivity index (χ3v) is 4.38. The number of nitrogens with one attached hydrogen (secondary N) is 1. The molecule has 142 valence electrons. The summed E-state index contributed by atoms with van der Waals surface area (Å²) >= 11 is 0. The molecule has 0 aliphatic rings. The number of allylic oxidation sites excluding steroid dienone is 1. The Labute approximate surface area is 152 Å². The van der Waals surface area contributed by atoms with Crippen molar-refractivity contribution >= 4 is 28.0 Å². The summed E-state index contributed by atoms with van der Waals surface area (Å²) in [7, 11) is -4.08. The summed E-state index contributed by atoms with van der Waals surface area (Å²) in [5, 5.41) is 0. The van der Waals surface area contributed by atoms with Crippen LogP contribution in [0.1, 0.15) is 11.1 Å². The Morgan fingerprint density at radius 2 is 1.41 bits per heavy atom. The van der Waals surface area contributed by atoms with E-state index in [1.54, 1.807) is 0 Å². The van der Waals surface area contributed by atoms with Crippen LogP contribution in [0.4, 0.5) is 17.6 Å². The zero-order valence-electron chi connectivity index (χ0n) is 13.6. The Balaban J connectivity index is 1.97. The highest BCUT2D eigenvalue weighted by Gasteiger charge is 2.13. The summed E-state index contributed by atoms with van der Waals surface area (Å²) in [5.74, 6) is -5.14. The summed E-state index contributed by atoms with van der Waals surface area (Å²) in [6.45, 7) is 0. The van der Waals surface area contributed by atoms with E-state index in [2.05, 4.69) is 0 Å². The predicted molar refractivity (Wildman–Crippen MR) is 92.7 cm³/mol. The van der Waals surface area contributed by atoms with Gasteiger partial charge in [0.15, 0.2) is 5.78 Å². The first kappa shape index (κ1) is 20.4. The minimum atomic E-state index is -4.08. The highest BCUT2D eigenvalue weighted by molar-refractivity contribution is 7.90. The average molecular weight is 399 g/mol. The van der Waals surface area contributed by atoms with E-state index < -0.39 is 44.8 Å². The van der Waals surface area contributed by atoms with Crippen molar-refractivity contribution in [2.75, 3.05) is 5.75 Å². The van der Waals surface area contributed by atoms with Crippen LogP contribution < -0.4 is 4.72 Å². The molecule has 0 aromatic heterocycles. The van der Waals surface area contributed by atoms with E-state index in [4.69, 9.17) is 0 Å². The van der Waals surface area contributed by atoms with Gasteiger partial charge in [-0.1, -0.05) is 0 Å². The first-order valence-electron chi connectivity index (χ1n) is 7.44. The minimum Gasteiger partial charge on any atom is -0.294 e. The highest BCUT2D eigenvalue weighted by atomic mass is 32.2. The van der Waals surface area contributed by atoms with E-state index in [9.17, 15) is 30.8 Å². The second-order valence-corrected chi connectivity index (χ2v) is 7.10. The van der Waals surface area contributed by atoms with E-state index in [-0.39, 0.29) is 11.1 Å². The first-order valence-corrected chi connectivity index (χ1v) is 9.09. The monoisotopic (exact) mass is 399 g/mol. The van der Waals surface area contributed by atoms with Crippen LogP contribution in [-0.4, -0.2) is 20.0 Å². The molecule has 0 atom stereocenters. The summed E-state index contributed by atoms with van der Waals surface area (Å²) < 4.78 is 78.0. The smallest absolute Gasteiger partial charge is 0.239 e. The Morgan fingerprint density at radius 3 is 1.93 bits per heavy atom. The Hall–Kier alpha value is -2.94. The molecule has 2 aromatic carbocycles. The molecule has 0 aliphatic heterocycles. The molecule has 0 unspecified atom stereocenters. The van der Waals surface area contributed by atoms with E-state index in [0.717, 1.165) is 48.7 Å². The molecule has 27 heavy (non-hydrogen) atoms. The Bertz CT molecular complexity index is 1020. The Kier molecular flexibility index (Phi) is 6.51. The van der Waals surface area contributed by atoms with Gasteiger partial charge < -0.3 is 0 Å². The summed E-state index contributed by atoms with van der Waals surface area (Å²) in [5.41, 5.74) is -0.140. The lowest BCUT2D eigenvalue weighted by molar-refractivity contribution is -0.112. The molecule has 0 saturated heterocycles. The maximum Gasteiger partial charge on any atom is 0.239 e. The van der Waals surface area contributed by atoms with Gasteiger partial charge in [0.05, 0.1) is 0 Å². The molecule has 0 heterocycles. The number of rotatable bonds is 7. The number of benzene rings is 2. The molecule has 4 nitrogen and oxygen atoms in total. The van der Waals surface area contributed by atoms with Crippen molar-refractivity contribution in [2.45, 2.75) is 0 Å². The number of halogens is 4. The van der Waals surface area contributed by atoms with Crippen molar-refractivity contribution in [2.24, 2.45) is 0 Å². The maximum absolute atomic E-state index is 13.4. The number of ketones is 1. The lowest BCUT2D eigenvalue weighted by Gasteiger charge is -2.02. The van der Waals surface area contributed by atoms with E-state index in [1.807, 2.05) is 4.72 Å². The molecular weight excluding hydrogens is 386 g/mol. The maximum atomic E-state index is 13.4. The van der Waals surface area contributed by atoms with Gasteiger partial charge in [0.1, 0.15) is 29.0 Å². The van der Waals surface area contributed by atoms with Crippen LogP contribution in [0.2, 0.25) is 0 Å². The molecule has 0 fully saturated rings. The van der Waals surface area contributed by atoms with Gasteiger partial charge in [-0.05, 0) is 42.5 Å². The minimum absolute atomic E-state index is 0.0582. The number of hydrogen-bond acceptors (Lipinski definition) is 3. The van der Waals surface area contributed by atoms with Crippen molar-refractivity contribution in [1.29, 1.82) is 0 Å². The zero-order chi connectivity index (χ0) is 20.0. The van der Waals surface area contributed by atoms with Crippen LogP contribution >= 0.6 is 0 Å². The van der Waals surface area contributed by atoms with Crippen LogP contribution in [0.5, 0.6) is 0 Å². The normalized spacial score (nSPS) is 12.0. The van der Waals surface area contributed by atoms with Crippen LogP contribution in [0.15, 0.2) is 48.7 Å². The largest absolute Gasteiger partial charge is 0.294 e. The Morgan fingerprint density at radius 1 is 0.889 bits per heavy atom. The molecule has 0 bridgehead atoms. The number of hydrogen-bond donors (Lipinski definition) is 1. The van der Waals surface area contributed by atoms with Crippen LogP contribution in [0, 0.1) is 23.3 Å². The fourth-order valence-corrected chi connectivity index (χ4v) is 2.79. The van der Waals surface area contributed by atoms with Crippen molar-refractivity contribution in [3.8, 4) is 0 Å². The van der Waals surface area contributed by atoms with Gasteiger partial charge in [-0.25, -0.2) is 26.0 Å². The molecule has 2 aromatic rings. The quantitative estimate of drug-likeness (QED) is 0.573. The lowest BCUT2D eigenvalue weighted by atomic mass is 10.2. The van der Waals surface area contributed by atoms with Crippen molar-refractivity contribution in [3.05, 3.63) is 83.1 Å². The second-order valence-electron chi connectivity index (χ2n) is 5.34. The predicted octanol–water partition coefficient (Wildman–Crippen LogP) is 3.42.